The van der Waals surface area contributed by atoms with E-state index >= 15 is 0 Å². The molecule has 0 aliphatic heterocycles. The quantitative estimate of drug-likeness (QED) is 0.547. The second kappa shape index (κ2) is 10.8. The molecule has 1 N–H and O–H groups in total. The molecule has 4 saturated carbocycles. The van der Waals surface area contributed by atoms with Crippen molar-refractivity contribution in [3.63, 3.8) is 0 Å². The van der Waals surface area contributed by atoms with Crippen molar-refractivity contribution in [2.24, 2.45) is 0 Å². The molecular formula is C25H46N2O. The van der Waals surface area contributed by atoms with Crippen LogP contribution in [-0.4, -0.2) is 45.4 Å². The highest BCUT2D eigenvalue weighted by molar-refractivity contribution is 4.91. The topological polar surface area (TPSA) is 26.7 Å². The van der Waals surface area contributed by atoms with Gasteiger partial charge in [-0.05, 0) is 51.4 Å². The lowest BCUT2D eigenvalue weighted by molar-refractivity contribution is -0.190. The van der Waals surface area contributed by atoms with E-state index in [2.05, 4.69) is 9.80 Å². The Labute approximate surface area is 174 Å². The van der Waals surface area contributed by atoms with Gasteiger partial charge in [-0.15, -0.1) is 0 Å². The van der Waals surface area contributed by atoms with Crippen molar-refractivity contribution in [3.8, 4) is 0 Å². The first kappa shape index (κ1) is 21.1. The highest BCUT2D eigenvalue weighted by Gasteiger charge is 2.41. The van der Waals surface area contributed by atoms with Gasteiger partial charge in [-0.3, -0.25) is 9.80 Å². The highest BCUT2D eigenvalue weighted by atomic mass is 16.3. The number of hydrogen-bond acceptors (Lipinski definition) is 3. The Morgan fingerprint density at radius 1 is 0.393 bits per heavy atom. The number of nitrogens with zero attached hydrogens (tertiary/aromatic N) is 2. The first-order valence-electron chi connectivity index (χ1n) is 13.1. The van der Waals surface area contributed by atoms with Gasteiger partial charge in [0, 0.05) is 24.2 Å². The average molecular weight is 391 g/mol. The average Bonchev–Trinajstić information content (AvgIpc) is 2.77. The summed E-state index contributed by atoms with van der Waals surface area (Å²) >= 11 is 0. The number of rotatable bonds is 6. The smallest absolute Gasteiger partial charge is 0.166 e. The molecule has 0 amide bonds. The summed E-state index contributed by atoms with van der Waals surface area (Å²) in [5.74, 6) is 0. The Balaban J connectivity index is 1.56. The van der Waals surface area contributed by atoms with Crippen LogP contribution in [0.3, 0.4) is 0 Å². The van der Waals surface area contributed by atoms with Crippen LogP contribution in [0.15, 0.2) is 0 Å². The summed E-state index contributed by atoms with van der Waals surface area (Å²) in [5.41, 5.74) is 0. The zero-order chi connectivity index (χ0) is 19.2. The van der Waals surface area contributed by atoms with Gasteiger partial charge in [0.1, 0.15) is 0 Å². The predicted molar refractivity (Wildman–Crippen MR) is 117 cm³/mol. The fourth-order valence-corrected chi connectivity index (χ4v) is 7.02. The Hall–Kier alpha value is -0.120. The molecule has 0 aromatic heterocycles. The van der Waals surface area contributed by atoms with Crippen LogP contribution < -0.4 is 0 Å². The van der Waals surface area contributed by atoms with Gasteiger partial charge in [0.2, 0.25) is 0 Å². The van der Waals surface area contributed by atoms with Crippen molar-refractivity contribution in [1.29, 1.82) is 0 Å². The molecule has 0 heterocycles. The summed E-state index contributed by atoms with van der Waals surface area (Å²) in [6, 6.07) is 2.51. The van der Waals surface area contributed by atoms with Gasteiger partial charge in [0.05, 0.1) is 0 Å². The largest absolute Gasteiger partial charge is 0.365 e. The van der Waals surface area contributed by atoms with Crippen molar-refractivity contribution in [1.82, 2.24) is 9.80 Å². The van der Waals surface area contributed by atoms with Crippen LogP contribution in [-0.2, 0) is 0 Å². The van der Waals surface area contributed by atoms with E-state index in [1.54, 1.807) is 0 Å². The third kappa shape index (κ3) is 5.13. The van der Waals surface area contributed by atoms with E-state index in [0.29, 0.717) is 24.2 Å². The van der Waals surface area contributed by atoms with E-state index in [9.17, 15) is 5.11 Å². The Morgan fingerprint density at radius 3 is 0.821 bits per heavy atom. The molecular weight excluding hydrogens is 344 g/mol. The van der Waals surface area contributed by atoms with Gasteiger partial charge < -0.3 is 5.11 Å². The second-order valence-electron chi connectivity index (χ2n) is 10.4. The van der Waals surface area contributed by atoms with Crippen LogP contribution in [0.2, 0.25) is 0 Å². The minimum Gasteiger partial charge on any atom is -0.365 e. The third-order valence-electron chi connectivity index (χ3n) is 8.52. The second-order valence-corrected chi connectivity index (χ2v) is 10.4. The number of aliphatic hydroxyl groups is 1. The predicted octanol–water partition coefficient (Wildman–Crippen LogP) is 6.20. The Morgan fingerprint density at radius 2 is 0.607 bits per heavy atom. The fraction of sp³-hybridized carbons (Fsp3) is 1.00. The van der Waals surface area contributed by atoms with E-state index in [0.717, 1.165) is 0 Å². The summed E-state index contributed by atoms with van der Waals surface area (Å²) in [7, 11) is 0. The molecule has 4 aliphatic rings. The molecule has 4 fully saturated rings. The summed E-state index contributed by atoms with van der Waals surface area (Å²) in [6.07, 6.45) is 26.8. The van der Waals surface area contributed by atoms with Crippen LogP contribution in [0.4, 0.5) is 0 Å². The molecule has 0 radical (unpaired) electrons. The fourth-order valence-electron chi connectivity index (χ4n) is 7.02. The molecule has 0 aromatic rings. The summed E-state index contributed by atoms with van der Waals surface area (Å²) in [6.45, 7) is 0. The van der Waals surface area contributed by atoms with Gasteiger partial charge in [0.15, 0.2) is 6.35 Å². The van der Waals surface area contributed by atoms with Crippen molar-refractivity contribution in [3.05, 3.63) is 0 Å². The molecule has 0 bridgehead atoms. The lowest BCUT2D eigenvalue weighted by Gasteiger charge is -2.52. The van der Waals surface area contributed by atoms with Gasteiger partial charge in [0.25, 0.3) is 0 Å². The zero-order valence-electron chi connectivity index (χ0n) is 18.4. The zero-order valence-corrected chi connectivity index (χ0v) is 18.4. The maximum Gasteiger partial charge on any atom is 0.166 e. The molecule has 0 spiro atoms. The van der Waals surface area contributed by atoms with E-state index < -0.39 is 0 Å². The normalized spacial score (nSPS) is 27.9. The Kier molecular flexibility index (Phi) is 8.13. The minimum atomic E-state index is -0.322. The van der Waals surface area contributed by atoms with Crippen LogP contribution in [0, 0.1) is 0 Å². The molecule has 0 unspecified atom stereocenters. The first-order valence-corrected chi connectivity index (χ1v) is 13.1. The summed E-state index contributed by atoms with van der Waals surface area (Å²) in [5, 5.41) is 12.0. The number of aliphatic hydroxyl groups excluding tert-OH is 1. The lowest BCUT2D eigenvalue weighted by atomic mass is 9.86. The molecule has 0 atom stereocenters. The van der Waals surface area contributed by atoms with Crippen LogP contribution in [0.1, 0.15) is 128 Å². The summed E-state index contributed by atoms with van der Waals surface area (Å²) < 4.78 is 0. The monoisotopic (exact) mass is 390 g/mol. The van der Waals surface area contributed by atoms with Gasteiger partial charge in [-0.1, -0.05) is 77.0 Å². The Bertz CT molecular complexity index is 356. The SMILES string of the molecule is OC(N(C1CCCCC1)C1CCCCC1)N(C1CCCCC1)C1CCCCC1. The molecule has 4 rings (SSSR count). The van der Waals surface area contributed by atoms with E-state index in [-0.39, 0.29) is 6.35 Å². The summed E-state index contributed by atoms with van der Waals surface area (Å²) in [4.78, 5) is 5.36. The van der Waals surface area contributed by atoms with Crippen LogP contribution in [0.5, 0.6) is 0 Å². The van der Waals surface area contributed by atoms with E-state index in [4.69, 9.17) is 0 Å². The third-order valence-corrected chi connectivity index (χ3v) is 8.52. The standard InChI is InChI=1S/C25H46N2O/c28-25(26(21-13-5-1-6-14-21)22-15-7-2-8-16-22)27(23-17-9-3-10-18-23)24-19-11-4-12-20-24/h21-25,28H,1-20H2. The van der Waals surface area contributed by atoms with Crippen molar-refractivity contribution in [2.75, 3.05) is 0 Å². The molecule has 4 aliphatic carbocycles. The van der Waals surface area contributed by atoms with Crippen molar-refractivity contribution >= 4 is 0 Å². The first-order chi connectivity index (χ1) is 13.8. The maximum atomic E-state index is 12.0. The molecule has 3 heteroatoms. The van der Waals surface area contributed by atoms with E-state index in [1.807, 2.05) is 0 Å². The maximum absolute atomic E-state index is 12.0. The van der Waals surface area contributed by atoms with Crippen LogP contribution >= 0.6 is 0 Å². The highest BCUT2D eigenvalue weighted by Crippen LogP contribution is 2.37. The molecule has 28 heavy (non-hydrogen) atoms. The van der Waals surface area contributed by atoms with Gasteiger partial charge in [-0.2, -0.15) is 0 Å². The molecule has 3 nitrogen and oxygen atoms in total. The van der Waals surface area contributed by atoms with Gasteiger partial charge in [-0.25, -0.2) is 0 Å². The lowest BCUT2D eigenvalue weighted by Crippen LogP contribution is -2.62. The van der Waals surface area contributed by atoms with Crippen molar-refractivity contribution < 1.29 is 5.11 Å². The van der Waals surface area contributed by atoms with Crippen molar-refractivity contribution in [2.45, 2.75) is 159 Å². The number of hydrogen-bond donors (Lipinski definition) is 1. The molecule has 0 saturated heterocycles. The molecule has 162 valence electrons. The van der Waals surface area contributed by atoms with Crippen LogP contribution in [0.25, 0.3) is 0 Å². The van der Waals surface area contributed by atoms with Gasteiger partial charge >= 0.3 is 0 Å². The molecule has 0 aromatic carbocycles. The minimum absolute atomic E-state index is 0.322. The van der Waals surface area contributed by atoms with E-state index in [1.165, 1.54) is 128 Å².